The summed E-state index contributed by atoms with van der Waals surface area (Å²) in [6, 6.07) is 9.13. The van der Waals surface area contributed by atoms with Gasteiger partial charge in [-0.15, -0.1) is 0 Å². The van der Waals surface area contributed by atoms with Crippen molar-refractivity contribution in [3.63, 3.8) is 0 Å². The molecular weight excluding hydrogens is 240 g/mol. The molecule has 20 heavy (non-hydrogen) atoms. The van der Waals surface area contributed by atoms with Gasteiger partial charge in [0.2, 0.25) is 0 Å². The van der Waals surface area contributed by atoms with Crippen LogP contribution in [0.25, 0.3) is 0 Å². The Hall–Kier alpha value is -1.04. The van der Waals surface area contributed by atoms with E-state index in [4.69, 9.17) is 0 Å². The molecular formula is C20H30. The summed E-state index contributed by atoms with van der Waals surface area (Å²) >= 11 is 0. The molecule has 3 unspecified atom stereocenters. The van der Waals surface area contributed by atoms with Gasteiger partial charge in [-0.25, -0.2) is 0 Å². The molecule has 1 aliphatic carbocycles. The predicted octanol–water partition coefficient (Wildman–Crippen LogP) is 6.13. The zero-order valence-corrected chi connectivity index (χ0v) is 13.7. The third-order valence-corrected chi connectivity index (χ3v) is 5.05. The zero-order valence-electron chi connectivity index (χ0n) is 13.7. The van der Waals surface area contributed by atoms with Crippen LogP contribution in [0, 0.1) is 11.8 Å². The van der Waals surface area contributed by atoms with E-state index in [9.17, 15) is 0 Å². The van der Waals surface area contributed by atoms with Gasteiger partial charge in [-0.2, -0.15) is 0 Å². The quantitative estimate of drug-likeness (QED) is 0.580. The molecule has 0 aromatic heterocycles. The number of fused-ring (bicyclic) bond motifs is 1. The van der Waals surface area contributed by atoms with Crippen molar-refractivity contribution in [2.45, 2.75) is 65.7 Å². The highest BCUT2D eigenvalue weighted by Gasteiger charge is 2.26. The van der Waals surface area contributed by atoms with Crippen molar-refractivity contribution >= 4 is 0 Å². The minimum Gasteiger partial charge on any atom is -0.0853 e. The molecule has 0 aliphatic heterocycles. The second-order valence-electron chi connectivity index (χ2n) is 6.55. The topological polar surface area (TPSA) is 0 Å². The molecule has 0 N–H and O–H groups in total. The first kappa shape index (κ1) is 15.4. The Morgan fingerprint density at radius 2 is 1.85 bits per heavy atom. The lowest BCUT2D eigenvalue weighted by atomic mass is 9.73. The van der Waals surface area contributed by atoms with Gasteiger partial charge >= 0.3 is 0 Å². The maximum Gasteiger partial charge on any atom is -0.0159 e. The number of hydrogen-bond acceptors (Lipinski definition) is 0. The van der Waals surface area contributed by atoms with Crippen LogP contribution in [0.1, 0.15) is 70.4 Å². The SMILES string of the molecule is CC/C=C1/CC(C)C(C)c2ccccc2CC1CCC. The molecule has 1 aromatic carbocycles. The van der Waals surface area contributed by atoms with Crippen molar-refractivity contribution in [2.75, 3.05) is 0 Å². The van der Waals surface area contributed by atoms with Crippen molar-refractivity contribution in [2.24, 2.45) is 11.8 Å². The van der Waals surface area contributed by atoms with Gasteiger partial charge in [0.15, 0.2) is 0 Å². The second kappa shape index (κ2) is 7.11. The Labute approximate surface area is 125 Å². The van der Waals surface area contributed by atoms with Crippen LogP contribution in [0.5, 0.6) is 0 Å². The summed E-state index contributed by atoms with van der Waals surface area (Å²) in [6.45, 7) is 9.43. The molecule has 0 bridgehead atoms. The number of allylic oxidation sites excluding steroid dienone is 2. The first-order valence-corrected chi connectivity index (χ1v) is 8.44. The molecule has 110 valence electrons. The molecule has 0 saturated heterocycles. The van der Waals surface area contributed by atoms with Gasteiger partial charge in [0.1, 0.15) is 0 Å². The molecule has 2 rings (SSSR count). The standard InChI is InChI=1S/C20H30/c1-5-9-17-13-15(3)16(4)20-12-8-7-11-19(20)14-18(17)10-6-2/h7-9,11-12,15-16,18H,5-6,10,13-14H2,1-4H3/b17-9-. The number of rotatable bonds is 3. The normalized spacial score (nSPS) is 28.8. The molecule has 1 aliphatic rings. The summed E-state index contributed by atoms with van der Waals surface area (Å²) < 4.78 is 0. The fourth-order valence-corrected chi connectivity index (χ4v) is 3.73. The summed E-state index contributed by atoms with van der Waals surface area (Å²) in [6.07, 6.45) is 8.84. The average molecular weight is 270 g/mol. The average Bonchev–Trinajstić information content (AvgIpc) is 2.45. The minimum absolute atomic E-state index is 0.675. The Bertz CT molecular complexity index is 455. The molecule has 0 saturated carbocycles. The van der Waals surface area contributed by atoms with Crippen molar-refractivity contribution in [3.05, 3.63) is 47.0 Å². The van der Waals surface area contributed by atoms with Gasteiger partial charge in [0, 0.05) is 0 Å². The van der Waals surface area contributed by atoms with Gasteiger partial charge in [0.05, 0.1) is 0 Å². The molecule has 0 heteroatoms. The lowest BCUT2D eigenvalue weighted by molar-refractivity contribution is 0.417. The molecule has 0 heterocycles. The van der Waals surface area contributed by atoms with Crippen LogP contribution in [0.2, 0.25) is 0 Å². The Balaban J connectivity index is 2.40. The fraction of sp³-hybridized carbons (Fsp3) is 0.600. The van der Waals surface area contributed by atoms with Gasteiger partial charge in [-0.3, -0.25) is 0 Å². The van der Waals surface area contributed by atoms with Crippen LogP contribution in [0.4, 0.5) is 0 Å². The van der Waals surface area contributed by atoms with Crippen molar-refractivity contribution < 1.29 is 0 Å². The van der Waals surface area contributed by atoms with E-state index >= 15 is 0 Å². The van der Waals surface area contributed by atoms with E-state index in [1.807, 2.05) is 0 Å². The Morgan fingerprint density at radius 3 is 2.55 bits per heavy atom. The van der Waals surface area contributed by atoms with Crippen LogP contribution in [-0.2, 0) is 6.42 Å². The highest BCUT2D eigenvalue weighted by Crippen LogP contribution is 2.39. The summed E-state index contributed by atoms with van der Waals surface area (Å²) in [5.74, 6) is 2.18. The third-order valence-electron chi connectivity index (χ3n) is 5.05. The molecule has 0 amide bonds. The van der Waals surface area contributed by atoms with Gasteiger partial charge in [-0.1, -0.05) is 70.0 Å². The summed E-state index contributed by atoms with van der Waals surface area (Å²) in [5.41, 5.74) is 4.91. The Kier molecular flexibility index (Phi) is 5.46. The maximum absolute atomic E-state index is 2.51. The van der Waals surface area contributed by atoms with E-state index in [1.165, 1.54) is 32.1 Å². The largest absolute Gasteiger partial charge is 0.0853 e. The van der Waals surface area contributed by atoms with Crippen LogP contribution in [-0.4, -0.2) is 0 Å². The van der Waals surface area contributed by atoms with E-state index in [2.05, 4.69) is 58.0 Å². The van der Waals surface area contributed by atoms with Crippen LogP contribution in [0.15, 0.2) is 35.9 Å². The molecule has 0 fully saturated rings. The van der Waals surface area contributed by atoms with Crippen molar-refractivity contribution in [1.29, 1.82) is 0 Å². The van der Waals surface area contributed by atoms with Crippen molar-refractivity contribution in [3.8, 4) is 0 Å². The monoisotopic (exact) mass is 270 g/mol. The maximum atomic E-state index is 2.51. The highest BCUT2D eigenvalue weighted by molar-refractivity contribution is 5.33. The van der Waals surface area contributed by atoms with E-state index in [0.717, 1.165) is 11.8 Å². The summed E-state index contributed by atoms with van der Waals surface area (Å²) in [5, 5.41) is 0. The summed E-state index contributed by atoms with van der Waals surface area (Å²) in [7, 11) is 0. The lowest BCUT2D eigenvalue weighted by Gasteiger charge is -2.32. The predicted molar refractivity (Wildman–Crippen MR) is 89.1 cm³/mol. The van der Waals surface area contributed by atoms with Gasteiger partial charge in [0.25, 0.3) is 0 Å². The number of benzene rings is 1. The van der Waals surface area contributed by atoms with Gasteiger partial charge < -0.3 is 0 Å². The number of hydrogen-bond donors (Lipinski definition) is 0. The molecule has 0 radical (unpaired) electrons. The van der Waals surface area contributed by atoms with E-state index in [-0.39, 0.29) is 0 Å². The van der Waals surface area contributed by atoms with E-state index in [0.29, 0.717) is 5.92 Å². The molecule has 3 atom stereocenters. The summed E-state index contributed by atoms with van der Waals surface area (Å²) in [4.78, 5) is 0. The third kappa shape index (κ3) is 3.34. The zero-order chi connectivity index (χ0) is 14.5. The second-order valence-corrected chi connectivity index (χ2v) is 6.55. The van der Waals surface area contributed by atoms with Crippen molar-refractivity contribution in [1.82, 2.24) is 0 Å². The van der Waals surface area contributed by atoms with Crippen LogP contribution >= 0.6 is 0 Å². The lowest BCUT2D eigenvalue weighted by Crippen LogP contribution is -2.19. The molecule has 1 aromatic rings. The van der Waals surface area contributed by atoms with Gasteiger partial charge in [-0.05, 0) is 54.6 Å². The smallest absolute Gasteiger partial charge is 0.0159 e. The molecule has 0 spiro atoms. The van der Waals surface area contributed by atoms with E-state index in [1.54, 1.807) is 16.7 Å². The molecule has 0 nitrogen and oxygen atoms in total. The minimum atomic E-state index is 0.675. The Morgan fingerprint density at radius 1 is 1.10 bits per heavy atom. The first-order valence-electron chi connectivity index (χ1n) is 8.44. The first-order chi connectivity index (χ1) is 9.67. The fourth-order valence-electron chi connectivity index (χ4n) is 3.73. The van der Waals surface area contributed by atoms with Crippen LogP contribution in [0.3, 0.4) is 0 Å². The van der Waals surface area contributed by atoms with E-state index < -0.39 is 0 Å². The highest BCUT2D eigenvalue weighted by atomic mass is 14.3. The van der Waals surface area contributed by atoms with Crippen LogP contribution < -0.4 is 0 Å².